The van der Waals surface area contributed by atoms with Crippen LogP contribution in [0.5, 0.6) is 0 Å². The van der Waals surface area contributed by atoms with E-state index >= 15 is 0 Å². The number of rotatable bonds is 3. The fourth-order valence-electron chi connectivity index (χ4n) is 0.460. The zero-order valence-corrected chi connectivity index (χ0v) is 5.40. The number of hydrogen-bond acceptors (Lipinski definition) is 1. The molecule has 0 saturated heterocycles. The third-order valence-corrected chi connectivity index (χ3v) is 0.782. The summed E-state index contributed by atoms with van der Waals surface area (Å²) in [6.45, 7) is 5.43. The Kier molecular flexibility index (Phi) is 4.32. The van der Waals surface area contributed by atoms with Crippen LogP contribution in [0.25, 0.3) is 0 Å². The molecule has 0 atom stereocenters. The van der Waals surface area contributed by atoms with Gasteiger partial charge in [-0.3, -0.25) is 4.79 Å². The predicted molar refractivity (Wildman–Crippen MR) is 33.0 cm³/mol. The lowest BCUT2D eigenvalue weighted by Crippen LogP contribution is -2.17. The Hall–Kier alpha value is -0.530. The van der Waals surface area contributed by atoms with Crippen LogP contribution < -0.4 is 5.32 Å². The van der Waals surface area contributed by atoms with E-state index in [2.05, 4.69) is 5.32 Å². The maximum absolute atomic E-state index is 10.5. The van der Waals surface area contributed by atoms with Crippen molar-refractivity contribution in [3.8, 4) is 0 Å². The lowest BCUT2D eigenvalue weighted by atomic mass is 10.3. The first kappa shape index (κ1) is 7.47. The van der Waals surface area contributed by atoms with Gasteiger partial charge in [-0.25, -0.2) is 0 Å². The highest BCUT2D eigenvalue weighted by Gasteiger charge is 1.92. The quantitative estimate of drug-likeness (QED) is 0.584. The molecule has 1 N–H and O–H groups in total. The van der Waals surface area contributed by atoms with Gasteiger partial charge in [-0.05, 0) is 13.3 Å². The molecule has 0 bridgehead atoms. The first-order chi connectivity index (χ1) is 3.81. The lowest BCUT2D eigenvalue weighted by Gasteiger charge is -1.95. The molecule has 0 aliphatic rings. The molecule has 0 rings (SSSR count). The highest BCUT2D eigenvalue weighted by atomic mass is 16.1. The largest absolute Gasteiger partial charge is 0.352 e. The third-order valence-electron chi connectivity index (χ3n) is 0.782. The molecule has 0 aromatic carbocycles. The summed E-state index contributed by atoms with van der Waals surface area (Å²) < 4.78 is 0. The van der Waals surface area contributed by atoms with Gasteiger partial charge in [0, 0.05) is 13.0 Å². The number of nitrogens with one attached hydrogen (secondary N) is 1. The summed E-state index contributed by atoms with van der Waals surface area (Å²) in [4.78, 5) is 10.5. The van der Waals surface area contributed by atoms with Gasteiger partial charge in [-0.1, -0.05) is 6.92 Å². The molecule has 0 aliphatic carbocycles. The lowest BCUT2D eigenvalue weighted by molar-refractivity contribution is -0.120. The minimum Gasteiger partial charge on any atom is -0.352 e. The van der Waals surface area contributed by atoms with Crippen molar-refractivity contribution in [3.63, 3.8) is 0 Å². The Morgan fingerprint density at radius 2 is 2.38 bits per heavy atom. The monoisotopic (exact) mass is 114 g/mol. The highest BCUT2D eigenvalue weighted by Crippen LogP contribution is 1.84. The van der Waals surface area contributed by atoms with Crippen LogP contribution in [0.1, 0.15) is 26.7 Å². The van der Waals surface area contributed by atoms with Gasteiger partial charge < -0.3 is 5.32 Å². The standard InChI is InChI=1S/C6H12NO/c1-3-5-6(8)7-4-2/h4H,3,5H2,1-2H3,(H,7,8). The third kappa shape index (κ3) is 3.65. The van der Waals surface area contributed by atoms with Gasteiger partial charge in [-0.2, -0.15) is 0 Å². The molecule has 47 valence electrons. The average Bonchev–Trinajstić information content (AvgIpc) is 1.68. The zero-order valence-electron chi connectivity index (χ0n) is 5.40. The molecule has 0 aliphatic heterocycles. The van der Waals surface area contributed by atoms with Crippen LogP contribution >= 0.6 is 0 Å². The first-order valence-corrected chi connectivity index (χ1v) is 2.88. The SMILES string of the molecule is C[CH]NC(=O)CCC. The van der Waals surface area contributed by atoms with Crippen molar-refractivity contribution < 1.29 is 4.79 Å². The topological polar surface area (TPSA) is 29.1 Å². The van der Waals surface area contributed by atoms with E-state index in [1.165, 1.54) is 0 Å². The molecule has 1 radical (unpaired) electrons. The summed E-state index contributed by atoms with van der Waals surface area (Å²) in [5.74, 6) is 0.106. The number of amides is 1. The van der Waals surface area contributed by atoms with E-state index in [1.54, 1.807) is 13.5 Å². The van der Waals surface area contributed by atoms with Gasteiger partial charge in [0.1, 0.15) is 0 Å². The van der Waals surface area contributed by atoms with Gasteiger partial charge in [0.2, 0.25) is 5.91 Å². The van der Waals surface area contributed by atoms with Gasteiger partial charge in [0.05, 0.1) is 0 Å². The van der Waals surface area contributed by atoms with Crippen LogP contribution in [-0.2, 0) is 4.79 Å². The molecule has 0 aromatic rings. The highest BCUT2D eigenvalue weighted by molar-refractivity contribution is 5.76. The van der Waals surface area contributed by atoms with Gasteiger partial charge in [0.25, 0.3) is 0 Å². The van der Waals surface area contributed by atoms with Crippen molar-refractivity contribution in [2.45, 2.75) is 26.7 Å². The van der Waals surface area contributed by atoms with Crippen molar-refractivity contribution in [2.24, 2.45) is 0 Å². The second-order valence-corrected chi connectivity index (χ2v) is 1.61. The van der Waals surface area contributed by atoms with E-state index in [0.717, 1.165) is 6.42 Å². The molecule has 0 aromatic heterocycles. The van der Waals surface area contributed by atoms with Crippen molar-refractivity contribution in [3.05, 3.63) is 6.54 Å². The molecule has 8 heavy (non-hydrogen) atoms. The Bertz CT molecular complexity index is 62.9. The fourth-order valence-corrected chi connectivity index (χ4v) is 0.460. The first-order valence-electron chi connectivity index (χ1n) is 2.88. The summed E-state index contributed by atoms with van der Waals surface area (Å²) >= 11 is 0. The van der Waals surface area contributed by atoms with Crippen LogP contribution in [0, 0.1) is 6.54 Å². The van der Waals surface area contributed by atoms with E-state index in [1.807, 2.05) is 6.92 Å². The van der Waals surface area contributed by atoms with Crippen LogP contribution in [0.15, 0.2) is 0 Å². The van der Waals surface area contributed by atoms with Crippen molar-refractivity contribution >= 4 is 5.91 Å². The molecule has 0 unspecified atom stereocenters. The molecule has 2 heteroatoms. The summed E-state index contributed by atoms with van der Waals surface area (Å²) in [7, 11) is 0. The van der Waals surface area contributed by atoms with Crippen molar-refractivity contribution in [1.82, 2.24) is 5.32 Å². The minimum atomic E-state index is 0.106. The summed E-state index contributed by atoms with van der Waals surface area (Å²) in [5, 5.41) is 2.58. The number of hydrogen-bond donors (Lipinski definition) is 1. The predicted octanol–water partition coefficient (Wildman–Crippen LogP) is 1.08. The maximum Gasteiger partial charge on any atom is 0.220 e. The summed E-state index contributed by atoms with van der Waals surface area (Å²) in [6.07, 6.45) is 1.55. The van der Waals surface area contributed by atoms with E-state index in [4.69, 9.17) is 0 Å². The average molecular weight is 114 g/mol. The molecule has 0 heterocycles. The van der Waals surface area contributed by atoms with E-state index in [-0.39, 0.29) is 5.91 Å². The summed E-state index contributed by atoms with van der Waals surface area (Å²) in [6, 6.07) is 0. The molecule has 2 nitrogen and oxygen atoms in total. The van der Waals surface area contributed by atoms with Crippen molar-refractivity contribution in [2.75, 3.05) is 0 Å². The second-order valence-electron chi connectivity index (χ2n) is 1.61. The van der Waals surface area contributed by atoms with Crippen molar-refractivity contribution in [1.29, 1.82) is 0 Å². The van der Waals surface area contributed by atoms with E-state index in [0.29, 0.717) is 6.42 Å². The Morgan fingerprint density at radius 1 is 1.75 bits per heavy atom. The van der Waals surface area contributed by atoms with Crippen LogP contribution in [0.3, 0.4) is 0 Å². The van der Waals surface area contributed by atoms with Crippen LogP contribution in [0.2, 0.25) is 0 Å². The van der Waals surface area contributed by atoms with Crippen LogP contribution in [-0.4, -0.2) is 5.91 Å². The Morgan fingerprint density at radius 3 is 2.75 bits per heavy atom. The Balaban J connectivity index is 3.06. The summed E-state index contributed by atoms with van der Waals surface area (Å²) in [5.41, 5.74) is 0. The smallest absolute Gasteiger partial charge is 0.220 e. The minimum absolute atomic E-state index is 0.106. The molecule has 1 amide bonds. The van der Waals surface area contributed by atoms with Gasteiger partial charge >= 0.3 is 0 Å². The normalized spacial score (nSPS) is 8.75. The van der Waals surface area contributed by atoms with E-state index in [9.17, 15) is 4.79 Å². The fraction of sp³-hybridized carbons (Fsp3) is 0.667. The molecular weight excluding hydrogens is 102 g/mol. The number of carbonyl (C=O) groups is 1. The molecule has 0 saturated carbocycles. The van der Waals surface area contributed by atoms with Gasteiger partial charge in [0.15, 0.2) is 0 Å². The molecule has 0 fully saturated rings. The zero-order chi connectivity index (χ0) is 6.41. The van der Waals surface area contributed by atoms with Gasteiger partial charge in [-0.15, -0.1) is 0 Å². The molecular formula is C6H12NO. The number of carbonyl (C=O) groups excluding carboxylic acids is 1. The molecule has 0 spiro atoms. The van der Waals surface area contributed by atoms with E-state index < -0.39 is 0 Å². The second kappa shape index (κ2) is 4.62. The van der Waals surface area contributed by atoms with Crippen LogP contribution in [0.4, 0.5) is 0 Å². The maximum atomic E-state index is 10.5. The Labute approximate surface area is 50.3 Å².